The number of aromatic hydroxyl groups is 1. The van der Waals surface area contributed by atoms with E-state index in [2.05, 4.69) is 44.1 Å². The fraction of sp³-hybridized carbons (Fsp3) is 0.500. The third-order valence-electron chi connectivity index (χ3n) is 3.78. The van der Waals surface area contributed by atoms with Crippen LogP contribution in [0.15, 0.2) is 24.3 Å². The lowest BCUT2D eigenvalue weighted by Crippen LogP contribution is -2.03. The van der Waals surface area contributed by atoms with Gasteiger partial charge in [0.25, 0.3) is 0 Å². The highest BCUT2D eigenvalue weighted by Crippen LogP contribution is 2.33. The zero-order valence-corrected chi connectivity index (χ0v) is 13.4. The van der Waals surface area contributed by atoms with E-state index in [1.165, 1.54) is 5.56 Å². The fourth-order valence-corrected chi connectivity index (χ4v) is 2.56. The number of hydrogen-bond acceptors (Lipinski definition) is 2. The van der Waals surface area contributed by atoms with Crippen LogP contribution in [0, 0.1) is 6.92 Å². The van der Waals surface area contributed by atoms with Gasteiger partial charge in [0.1, 0.15) is 11.4 Å². The molecule has 0 amide bonds. The Hall–Kier alpha value is -1.77. The van der Waals surface area contributed by atoms with E-state index in [1.54, 1.807) is 0 Å². The Morgan fingerprint density at radius 2 is 1.90 bits per heavy atom. The number of hydrogen-bond donors (Lipinski definition) is 1. The molecule has 0 saturated heterocycles. The minimum absolute atomic E-state index is 0.366. The second-order valence-corrected chi connectivity index (χ2v) is 5.69. The quantitative estimate of drug-likeness (QED) is 0.800. The van der Waals surface area contributed by atoms with Crippen molar-refractivity contribution in [1.82, 2.24) is 9.78 Å². The van der Waals surface area contributed by atoms with Crippen LogP contribution in [0.5, 0.6) is 5.75 Å². The predicted molar refractivity (Wildman–Crippen MR) is 87.6 cm³/mol. The van der Waals surface area contributed by atoms with Crippen LogP contribution in [0.25, 0.3) is 11.3 Å². The molecule has 0 bridgehead atoms. The van der Waals surface area contributed by atoms with E-state index in [0.717, 1.165) is 55.6 Å². The summed E-state index contributed by atoms with van der Waals surface area (Å²) in [5.41, 5.74) is 3.96. The van der Waals surface area contributed by atoms with Gasteiger partial charge in [0.15, 0.2) is 5.75 Å². The van der Waals surface area contributed by atoms with Crippen molar-refractivity contribution in [3.63, 3.8) is 0 Å². The van der Waals surface area contributed by atoms with Gasteiger partial charge in [-0.05, 0) is 32.3 Å². The van der Waals surface area contributed by atoms with Crippen molar-refractivity contribution in [3.8, 4) is 17.0 Å². The molecule has 3 heteroatoms. The highest BCUT2D eigenvalue weighted by molar-refractivity contribution is 5.68. The van der Waals surface area contributed by atoms with Crippen LogP contribution < -0.4 is 0 Å². The first-order chi connectivity index (χ1) is 10.2. The Morgan fingerprint density at radius 3 is 2.57 bits per heavy atom. The molecule has 1 aromatic heterocycles. The molecule has 0 aliphatic heterocycles. The molecule has 1 heterocycles. The summed E-state index contributed by atoms with van der Waals surface area (Å²) >= 11 is 0. The molecule has 0 aliphatic rings. The average Bonchev–Trinajstić information content (AvgIpc) is 2.79. The largest absolute Gasteiger partial charge is 0.504 e. The van der Waals surface area contributed by atoms with E-state index in [9.17, 15) is 5.11 Å². The zero-order valence-electron chi connectivity index (χ0n) is 13.4. The normalized spacial score (nSPS) is 11.0. The van der Waals surface area contributed by atoms with Gasteiger partial charge in [-0.3, -0.25) is 4.68 Å². The molecule has 2 aromatic rings. The lowest BCUT2D eigenvalue weighted by atomic mass is 10.1. The molecule has 2 rings (SSSR count). The van der Waals surface area contributed by atoms with Crippen molar-refractivity contribution < 1.29 is 5.11 Å². The molecule has 114 valence electrons. The number of aromatic nitrogens is 2. The monoisotopic (exact) mass is 286 g/mol. The summed E-state index contributed by atoms with van der Waals surface area (Å²) in [5, 5.41) is 15.3. The fourth-order valence-electron chi connectivity index (χ4n) is 2.56. The lowest BCUT2D eigenvalue weighted by Gasteiger charge is -2.08. The summed E-state index contributed by atoms with van der Waals surface area (Å²) < 4.78 is 1.98. The van der Waals surface area contributed by atoms with Crippen LogP contribution in [-0.4, -0.2) is 14.9 Å². The maximum atomic E-state index is 10.6. The molecule has 1 aromatic carbocycles. The molecule has 1 N–H and O–H groups in total. The molecule has 0 unspecified atom stereocenters. The molecule has 0 spiro atoms. The van der Waals surface area contributed by atoms with Crippen LogP contribution >= 0.6 is 0 Å². The summed E-state index contributed by atoms with van der Waals surface area (Å²) in [6, 6.07) is 8.27. The van der Waals surface area contributed by atoms with E-state index < -0.39 is 0 Å². The Bertz CT molecular complexity index is 587. The second kappa shape index (κ2) is 7.30. The standard InChI is InChI=1S/C18H26N2O/c1-4-6-11-16-18(21)17(20(19-16)12-7-5-2)15-10-8-9-14(3)13-15/h8-10,13,21H,4-7,11-12H2,1-3H3. The zero-order chi connectivity index (χ0) is 15.2. The number of aryl methyl sites for hydroxylation is 3. The van der Waals surface area contributed by atoms with Gasteiger partial charge in [-0.1, -0.05) is 50.5 Å². The Kier molecular flexibility index (Phi) is 5.43. The van der Waals surface area contributed by atoms with Crippen LogP contribution in [0.4, 0.5) is 0 Å². The van der Waals surface area contributed by atoms with E-state index in [1.807, 2.05) is 10.7 Å². The van der Waals surface area contributed by atoms with Crippen LogP contribution in [0.3, 0.4) is 0 Å². The Morgan fingerprint density at radius 1 is 1.14 bits per heavy atom. The number of nitrogens with zero attached hydrogens (tertiary/aromatic N) is 2. The van der Waals surface area contributed by atoms with E-state index in [-0.39, 0.29) is 0 Å². The molecule has 0 fully saturated rings. The van der Waals surface area contributed by atoms with Crippen molar-refractivity contribution >= 4 is 0 Å². The van der Waals surface area contributed by atoms with Crippen molar-refractivity contribution in [3.05, 3.63) is 35.5 Å². The van der Waals surface area contributed by atoms with Crippen molar-refractivity contribution in [1.29, 1.82) is 0 Å². The molecule has 0 atom stereocenters. The molecular formula is C18H26N2O. The summed E-state index contributed by atoms with van der Waals surface area (Å²) in [6.45, 7) is 7.27. The SMILES string of the molecule is CCCCc1nn(CCCC)c(-c2cccc(C)c2)c1O. The minimum atomic E-state index is 0.366. The molecular weight excluding hydrogens is 260 g/mol. The Labute approximate surface area is 127 Å². The van der Waals surface area contributed by atoms with Gasteiger partial charge >= 0.3 is 0 Å². The second-order valence-electron chi connectivity index (χ2n) is 5.69. The first-order valence-electron chi connectivity index (χ1n) is 8.03. The maximum absolute atomic E-state index is 10.6. The van der Waals surface area contributed by atoms with Gasteiger partial charge < -0.3 is 5.11 Å². The number of benzene rings is 1. The lowest BCUT2D eigenvalue weighted by molar-refractivity contribution is 0.468. The summed E-state index contributed by atoms with van der Waals surface area (Å²) in [6.07, 6.45) is 5.22. The predicted octanol–water partition coefficient (Wildman–Crippen LogP) is 4.71. The highest BCUT2D eigenvalue weighted by atomic mass is 16.3. The minimum Gasteiger partial charge on any atom is -0.504 e. The maximum Gasteiger partial charge on any atom is 0.164 e. The van der Waals surface area contributed by atoms with Crippen LogP contribution in [0.1, 0.15) is 50.8 Å². The third-order valence-corrected chi connectivity index (χ3v) is 3.78. The average molecular weight is 286 g/mol. The molecule has 21 heavy (non-hydrogen) atoms. The number of unbranched alkanes of at least 4 members (excludes halogenated alkanes) is 2. The van der Waals surface area contributed by atoms with Crippen LogP contribution in [-0.2, 0) is 13.0 Å². The molecule has 0 saturated carbocycles. The third kappa shape index (κ3) is 3.66. The van der Waals surface area contributed by atoms with Gasteiger partial charge in [-0.15, -0.1) is 0 Å². The topological polar surface area (TPSA) is 38.0 Å². The highest BCUT2D eigenvalue weighted by Gasteiger charge is 2.18. The summed E-state index contributed by atoms with van der Waals surface area (Å²) in [5.74, 6) is 0.366. The first kappa shape index (κ1) is 15.6. The van der Waals surface area contributed by atoms with Gasteiger partial charge in [0, 0.05) is 12.1 Å². The van der Waals surface area contributed by atoms with Crippen molar-refractivity contribution in [2.75, 3.05) is 0 Å². The van der Waals surface area contributed by atoms with Crippen molar-refractivity contribution in [2.24, 2.45) is 0 Å². The first-order valence-corrected chi connectivity index (χ1v) is 8.03. The Balaban J connectivity index is 2.42. The smallest absolute Gasteiger partial charge is 0.164 e. The molecule has 0 radical (unpaired) electrons. The van der Waals surface area contributed by atoms with Gasteiger partial charge in [-0.2, -0.15) is 5.10 Å². The molecule has 0 aliphatic carbocycles. The van der Waals surface area contributed by atoms with Crippen molar-refractivity contribution in [2.45, 2.75) is 59.4 Å². The molecule has 3 nitrogen and oxygen atoms in total. The van der Waals surface area contributed by atoms with E-state index in [0.29, 0.717) is 5.75 Å². The van der Waals surface area contributed by atoms with E-state index >= 15 is 0 Å². The van der Waals surface area contributed by atoms with Gasteiger partial charge in [0.05, 0.1) is 0 Å². The van der Waals surface area contributed by atoms with Gasteiger partial charge in [-0.25, -0.2) is 0 Å². The summed E-state index contributed by atoms with van der Waals surface area (Å²) in [7, 11) is 0. The van der Waals surface area contributed by atoms with Crippen LogP contribution in [0.2, 0.25) is 0 Å². The number of rotatable bonds is 7. The summed E-state index contributed by atoms with van der Waals surface area (Å²) in [4.78, 5) is 0. The van der Waals surface area contributed by atoms with Gasteiger partial charge in [0.2, 0.25) is 0 Å². The van der Waals surface area contributed by atoms with E-state index in [4.69, 9.17) is 0 Å².